The Bertz CT molecular complexity index is 530. The third-order valence-corrected chi connectivity index (χ3v) is 3.77. The quantitative estimate of drug-likeness (QED) is 0.871. The lowest BCUT2D eigenvalue weighted by Gasteiger charge is -2.10. The molecule has 0 amide bonds. The Balaban J connectivity index is 1.98. The Labute approximate surface area is 109 Å². The van der Waals surface area contributed by atoms with Gasteiger partial charge in [-0.3, -0.25) is 0 Å². The molecule has 5 heteroatoms. The van der Waals surface area contributed by atoms with Crippen molar-refractivity contribution >= 4 is 17.3 Å². The second-order valence-electron chi connectivity index (χ2n) is 4.15. The first kappa shape index (κ1) is 12.9. The molecule has 2 N–H and O–H groups in total. The molecular formula is C13H15NO3S. The molecule has 0 aromatic carbocycles. The minimum Gasteiger partial charge on any atom is -0.475 e. The Kier molecular flexibility index (Phi) is 3.84. The van der Waals surface area contributed by atoms with Crippen molar-refractivity contribution in [1.82, 2.24) is 5.32 Å². The Hall–Kier alpha value is -1.59. The maximum atomic E-state index is 10.8. The van der Waals surface area contributed by atoms with Gasteiger partial charge in [0.2, 0.25) is 5.76 Å². The minimum atomic E-state index is -1.02. The molecule has 0 unspecified atom stereocenters. The average Bonchev–Trinajstić information content (AvgIpc) is 2.94. The number of carbonyl (C=O) groups is 1. The maximum absolute atomic E-state index is 10.8. The predicted octanol–water partition coefficient (Wildman–Crippen LogP) is 3.20. The summed E-state index contributed by atoms with van der Waals surface area (Å²) in [6.45, 7) is 4.33. The van der Waals surface area contributed by atoms with Gasteiger partial charge in [-0.2, -0.15) is 0 Å². The van der Waals surface area contributed by atoms with Gasteiger partial charge in [0.05, 0.1) is 6.54 Å². The van der Waals surface area contributed by atoms with Crippen molar-refractivity contribution in [3.63, 3.8) is 0 Å². The van der Waals surface area contributed by atoms with Gasteiger partial charge in [0.25, 0.3) is 0 Å². The number of carboxylic acid groups (broad SMARTS) is 1. The van der Waals surface area contributed by atoms with E-state index >= 15 is 0 Å². The van der Waals surface area contributed by atoms with E-state index in [9.17, 15) is 4.79 Å². The van der Waals surface area contributed by atoms with Crippen molar-refractivity contribution in [3.8, 4) is 0 Å². The van der Waals surface area contributed by atoms with Gasteiger partial charge in [0, 0.05) is 16.5 Å². The van der Waals surface area contributed by atoms with Gasteiger partial charge >= 0.3 is 5.97 Å². The third kappa shape index (κ3) is 2.80. The molecule has 0 aliphatic carbocycles. The van der Waals surface area contributed by atoms with E-state index in [1.807, 2.05) is 11.4 Å². The van der Waals surface area contributed by atoms with Crippen LogP contribution in [0.4, 0.5) is 0 Å². The average molecular weight is 265 g/mol. The van der Waals surface area contributed by atoms with Crippen molar-refractivity contribution in [2.45, 2.75) is 26.4 Å². The molecule has 0 radical (unpaired) electrons. The topological polar surface area (TPSA) is 62.5 Å². The molecule has 0 aliphatic rings. The van der Waals surface area contributed by atoms with Gasteiger partial charge in [0.1, 0.15) is 5.76 Å². The first-order valence-electron chi connectivity index (χ1n) is 5.67. The van der Waals surface area contributed by atoms with Crippen LogP contribution in [0.15, 0.2) is 28.0 Å². The van der Waals surface area contributed by atoms with Crippen LogP contribution in [-0.4, -0.2) is 11.1 Å². The van der Waals surface area contributed by atoms with E-state index in [1.54, 1.807) is 24.3 Å². The second-order valence-corrected chi connectivity index (χ2v) is 5.13. The van der Waals surface area contributed by atoms with Gasteiger partial charge in [-0.1, -0.05) is 6.07 Å². The third-order valence-electron chi connectivity index (χ3n) is 2.72. The molecule has 0 bridgehead atoms. The molecule has 2 rings (SSSR count). The molecule has 4 nitrogen and oxygen atoms in total. The zero-order valence-corrected chi connectivity index (χ0v) is 11.1. The second kappa shape index (κ2) is 5.37. The Morgan fingerprint density at radius 3 is 2.94 bits per heavy atom. The first-order chi connectivity index (χ1) is 8.58. The fourth-order valence-electron chi connectivity index (χ4n) is 1.74. The molecule has 0 aliphatic heterocycles. The van der Waals surface area contributed by atoms with Crippen LogP contribution in [0.2, 0.25) is 0 Å². The highest BCUT2D eigenvalue weighted by Gasteiger charge is 2.14. The number of nitrogens with one attached hydrogen (secondary N) is 1. The number of rotatable bonds is 5. The summed E-state index contributed by atoms with van der Waals surface area (Å²) in [7, 11) is 0. The molecule has 18 heavy (non-hydrogen) atoms. The number of hydrogen-bond acceptors (Lipinski definition) is 4. The normalized spacial score (nSPS) is 12.6. The van der Waals surface area contributed by atoms with Gasteiger partial charge in [-0.05, 0) is 31.4 Å². The first-order valence-corrected chi connectivity index (χ1v) is 6.55. The smallest absolute Gasteiger partial charge is 0.372 e. The molecule has 2 aromatic heterocycles. The zero-order valence-electron chi connectivity index (χ0n) is 10.3. The molecule has 0 saturated heterocycles. The largest absolute Gasteiger partial charge is 0.475 e. The van der Waals surface area contributed by atoms with E-state index in [4.69, 9.17) is 9.52 Å². The van der Waals surface area contributed by atoms with Crippen LogP contribution < -0.4 is 5.32 Å². The summed E-state index contributed by atoms with van der Waals surface area (Å²) in [6, 6.07) is 6.07. The van der Waals surface area contributed by atoms with E-state index in [0.29, 0.717) is 17.9 Å². The van der Waals surface area contributed by atoms with Crippen LogP contribution in [0, 0.1) is 6.92 Å². The number of carboxylic acids is 1. The molecule has 0 saturated carbocycles. The molecule has 1 atom stereocenters. The highest BCUT2D eigenvalue weighted by atomic mass is 32.1. The molecule has 0 fully saturated rings. The molecular weight excluding hydrogens is 250 g/mol. The lowest BCUT2D eigenvalue weighted by Crippen LogP contribution is -2.16. The summed E-state index contributed by atoms with van der Waals surface area (Å²) in [6.07, 6.45) is 0. The highest BCUT2D eigenvalue weighted by Crippen LogP contribution is 2.20. The summed E-state index contributed by atoms with van der Waals surface area (Å²) >= 11 is 1.69. The van der Waals surface area contributed by atoms with E-state index in [0.717, 1.165) is 0 Å². The van der Waals surface area contributed by atoms with Gasteiger partial charge in [-0.15, -0.1) is 11.3 Å². The summed E-state index contributed by atoms with van der Waals surface area (Å²) < 4.78 is 5.28. The van der Waals surface area contributed by atoms with Crippen LogP contribution in [0.3, 0.4) is 0 Å². The number of aryl methyl sites for hydroxylation is 1. The fraction of sp³-hybridized carbons (Fsp3) is 0.308. The number of aromatic carboxylic acids is 1. The zero-order chi connectivity index (χ0) is 13.1. The molecule has 2 aromatic rings. The van der Waals surface area contributed by atoms with E-state index in [-0.39, 0.29) is 11.8 Å². The van der Waals surface area contributed by atoms with Crippen molar-refractivity contribution in [2.24, 2.45) is 0 Å². The van der Waals surface area contributed by atoms with Crippen molar-refractivity contribution in [3.05, 3.63) is 45.5 Å². The standard InChI is InChI=1S/C13H15NO3S/c1-8-6-10(17-12(8)13(15)16)7-14-9(2)11-4-3-5-18-11/h3-6,9,14H,7H2,1-2H3,(H,15,16)/t9-/m1/s1. The van der Waals surface area contributed by atoms with E-state index in [2.05, 4.69) is 18.3 Å². The predicted molar refractivity (Wildman–Crippen MR) is 70.0 cm³/mol. The monoisotopic (exact) mass is 265 g/mol. The number of hydrogen-bond donors (Lipinski definition) is 2. The Morgan fingerprint density at radius 1 is 1.61 bits per heavy atom. The van der Waals surface area contributed by atoms with Crippen LogP contribution >= 0.6 is 11.3 Å². The molecule has 2 heterocycles. The van der Waals surface area contributed by atoms with Crippen LogP contribution in [-0.2, 0) is 6.54 Å². The summed E-state index contributed by atoms with van der Waals surface area (Å²) in [5.41, 5.74) is 0.656. The molecule has 96 valence electrons. The van der Waals surface area contributed by atoms with Gasteiger partial charge < -0.3 is 14.8 Å². The summed E-state index contributed by atoms with van der Waals surface area (Å²) in [5.74, 6) is -0.353. The maximum Gasteiger partial charge on any atom is 0.372 e. The number of furan rings is 1. The van der Waals surface area contributed by atoms with E-state index in [1.165, 1.54) is 4.88 Å². The SMILES string of the molecule is Cc1cc(CN[C@H](C)c2cccs2)oc1C(=O)O. The minimum absolute atomic E-state index is 0.0237. The van der Waals surface area contributed by atoms with Crippen molar-refractivity contribution in [2.75, 3.05) is 0 Å². The van der Waals surface area contributed by atoms with Gasteiger partial charge in [0.15, 0.2) is 0 Å². The van der Waals surface area contributed by atoms with Crippen molar-refractivity contribution < 1.29 is 14.3 Å². The van der Waals surface area contributed by atoms with Crippen LogP contribution in [0.5, 0.6) is 0 Å². The lowest BCUT2D eigenvalue weighted by atomic mass is 10.2. The van der Waals surface area contributed by atoms with E-state index < -0.39 is 5.97 Å². The Morgan fingerprint density at radius 2 is 2.39 bits per heavy atom. The number of thiophene rings is 1. The fourth-order valence-corrected chi connectivity index (χ4v) is 2.50. The highest BCUT2D eigenvalue weighted by molar-refractivity contribution is 7.10. The van der Waals surface area contributed by atoms with Gasteiger partial charge in [-0.25, -0.2) is 4.79 Å². The summed E-state index contributed by atoms with van der Waals surface area (Å²) in [4.78, 5) is 12.1. The van der Waals surface area contributed by atoms with Crippen LogP contribution in [0.1, 0.15) is 39.7 Å². The summed E-state index contributed by atoms with van der Waals surface area (Å²) in [5, 5.41) is 14.2. The van der Waals surface area contributed by atoms with Crippen LogP contribution in [0.25, 0.3) is 0 Å². The lowest BCUT2D eigenvalue weighted by molar-refractivity contribution is 0.0659. The molecule has 0 spiro atoms. The van der Waals surface area contributed by atoms with Crippen molar-refractivity contribution in [1.29, 1.82) is 0 Å².